The largest absolute Gasteiger partial charge is 0.280 e. The number of halogens is 4. The van der Waals surface area contributed by atoms with Crippen molar-refractivity contribution in [3.63, 3.8) is 0 Å². The lowest BCUT2D eigenvalue weighted by Crippen LogP contribution is -2.02. The zero-order chi connectivity index (χ0) is 17.8. The summed E-state index contributed by atoms with van der Waals surface area (Å²) in [5, 5.41) is 4.03. The van der Waals surface area contributed by atoms with Crippen molar-refractivity contribution in [1.82, 2.24) is 9.97 Å². The predicted octanol–water partition coefficient (Wildman–Crippen LogP) is 5.38. The van der Waals surface area contributed by atoms with Crippen LogP contribution < -0.4 is 5.43 Å². The van der Waals surface area contributed by atoms with Gasteiger partial charge in [0, 0.05) is 10.6 Å². The van der Waals surface area contributed by atoms with E-state index in [4.69, 9.17) is 11.6 Å². The van der Waals surface area contributed by atoms with Gasteiger partial charge in [-0.2, -0.15) is 9.49 Å². The standard InChI is InChI=1S/C16H10ClF3N4S/c17-10-3-1-9(2-4-10)12-7-13(15(19)20)23-16(22-12)24-21-8-11-5-6-14(18)25-11/h1-8,15H,(H,22,23,24)/b21-8-. The molecule has 2 aromatic heterocycles. The zero-order valence-corrected chi connectivity index (χ0v) is 14.0. The molecule has 0 amide bonds. The molecular weight excluding hydrogens is 373 g/mol. The first-order valence-corrected chi connectivity index (χ1v) is 8.18. The van der Waals surface area contributed by atoms with Crippen LogP contribution in [0.4, 0.5) is 19.1 Å². The molecule has 4 nitrogen and oxygen atoms in total. The Morgan fingerprint density at radius 1 is 1.12 bits per heavy atom. The van der Waals surface area contributed by atoms with Gasteiger partial charge in [0.05, 0.1) is 16.8 Å². The topological polar surface area (TPSA) is 50.2 Å². The fourth-order valence-corrected chi connectivity index (χ4v) is 2.68. The first kappa shape index (κ1) is 17.4. The monoisotopic (exact) mass is 382 g/mol. The predicted molar refractivity (Wildman–Crippen MR) is 92.9 cm³/mol. The Bertz CT molecular complexity index is 897. The van der Waals surface area contributed by atoms with Crippen molar-refractivity contribution in [2.45, 2.75) is 6.43 Å². The van der Waals surface area contributed by atoms with Crippen molar-refractivity contribution < 1.29 is 13.2 Å². The van der Waals surface area contributed by atoms with Crippen molar-refractivity contribution in [2.75, 3.05) is 5.43 Å². The van der Waals surface area contributed by atoms with Crippen LogP contribution in [0.3, 0.4) is 0 Å². The number of hydrazone groups is 1. The third-order valence-corrected chi connectivity index (χ3v) is 4.12. The maximum atomic E-state index is 13.1. The van der Waals surface area contributed by atoms with Gasteiger partial charge < -0.3 is 0 Å². The van der Waals surface area contributed by atoms with Gasteiger partial charge in [0.15, 0.2) is 5.13 Å². The SMILES string of the molecule is Fc1ccc(/C=N\Nc2nc(-c3ccc(Cl)cc3)cc(C(F)F)n2)s1. The molecule has 0 unspecified atom stereocenters. The van der Waals surface area contributed by atoms with Gasteiger partial charge in [-0.25, -0.2) is 24.2 Å². The molecule has 0 saturated heterocycles. The van der Waals surface area contributed by atoms with Crippen molar-refractivity contribution in [3.8, 4) is 11.3 Å². The molecule has 0 atom stereocenters. The van der Waals surface area contributed by atoms with Gasteiger partial charge in [-0.3, -0.25) is 0 Å². The summed E-state index contributed by atoms with van der Waals surface area (Å²) >= 11 is 6.73. The molecule has 0 aliphatic rings. The molecule has 0 bridgehead atoms. The molecule has 0 radical (unpaired) electrons. The molecule has 0 aliphatic carbocycles. The van der Waals surface area contributed by atoms with Crippen LogP contribution in [-0.2, 0) is 0 Å². The summed E-state index contributed by atoms with van der Waals surface area (Å²) < 4.78 is 39.1. The molecule has 0 spiro atoms. The lowest BCUT2D eigenvalue weighted by atomic mass is 10.1. The van der Waals surface area contributed by atoms with E-state index >= 15 is 0 Å². The van der Waals surface area contributed by atoms with Crippen molar-refractivity contribution >= 4 is 35.1 Å². The Kier molecular flexibility index (Phi) is 5.30. The Morgan fingerprint density at radius 2 is 1.88 bits per heavy atom. The van der Waals surface area contributed by atoms with E-state index in [1.807, 2.05) is 0 Å². The smallest absolute Gasteiger partial charge is 0.245 e. The number of rotatable bonds is 5. The van der Waals surface area contributed by atoms with E-state index in [1.54, 1.807) is 30.3 Å². The van der Waals surface area contributed by atoms with Gasteiger partial charge in [-0.05, 0) is 30.3 Å². The highest BCUT2D eigenvalue weighted by Crippen LogP contribution is 2.25. The van der Waals surface area contributed by atoms with Crippen LogP contribution in [-0.4, -0.2) is 16.2 Å². The van der Waals surface area contributed by atoms with Gasteiger partial charge >= 0.3 is 0 Å². The van der Waals surface area contributed by atoms with Gasteiger partial charge in [-0.1, -0.05) is 23.7 Å². The molecule has 3 aromatic rings. The number of nitrogens with zero attached hydrogens (tertiary/aromatic N) is 3. The molecule has 25 heavy (non-hydrogen) atoms. The summed E-state index contributed by atoms with van der Waals surface area (Å²) in [7, 11) is 0. The van der Waals surface area contributed by atoms with Gasteiger partial charge in [0.2, 0.25) is 5.95 Å². The lowest BCUT2D eigenvalue weighted by molar-refractivity contribution is 0.146. The number of thiophene rings is 1. The fraction of sp³-hybridized carbons (Fsp3) is 0.0625. The third kappa shape index (κ3) is 4.55. The molecule has 3 rings (SSSR count). The number of aromatic nitrogens is 2. The minimum atomic E-state index is -2.76. The molecule has 9 heteroatoms. The molecule has 0 aliphatic heterocycles. The minimum Gasteiger partial charge on any atom is -0.245 e. The second-order valence-corrected chi connectivity index (χ2v) is 6.32. The first-order chi connectivity index (χ1) is 12.0. The van der Waals surface area contributed by atoms with Gasteiger partial charge in [-0.15, -0.1) is 11.3 Å². The van der Waals surface area contributed by atoms with E-state index in [1.165, 1.54) is 18.3 Å². The lowest BCUT2D eigenvalue weighted by Gasteiger charge is -2.07. The van der Waals surface area contributed by atoms with Crippen LogP contribution >= 0.6 is 22.9 Å². The van der Waals surface area contributed by atoms with E-state index in [0.717, 1.165) is 11.3 Å². The minimum absolute atomic E-state index is 0.0870. The highest BCUT2D eigenvalue weighted by Gasteiger charge is 2.14. The second-order valence-electron chi connectivity index (χ2n) is 4.82. The van der Waals surface area contributed by atoms with E-state index < -0.39 is 12.1 Å². The van der Waals surface area contributed by atoms with Crippen LogP contribution in [0, 0.1) is 5.13 Å². The quantitative estimate of drug-likeness (QED) is 0.476. The normalized spacial score (nSPS) is 11.4. The second kappa shape index (κ2) is 7.62. The average Bonchev–Trinajstić information content (AvgIpc) is 3.00. The molecule has 0 fully saturated rings. The summed E-state index contributed by atoms with van der Waals surface area (Å²) in [4.78, 5) is 8.46. The van der Waals surface area contributed by atoms with Crippen molar-refractivity contribution in [2.24, 2.45) is 5.10 Å². The molecule has 0 saturated carbocycles. The van der Waals surface area contributed by atoms with Crippen LogP contribution in [0.25, 0.3) is 11.3 Å². The molecule has 2 heterocycles. The number of hydrogen-bond donors (Lipinski definition) is 1. The number of anilines is 1. The Balaban J connectivity index is 1.87. The highest BCUT2D eigenvalue weighted by molar-refractivity contribution is 7.12. The highest BCUT2D eigenvalue weighted by atomic mass is 35.5. The van der Waals surface area contributed by atoms with E-state index in [0.29, 0.717) is 21.2 Å². The number of alkyl halides is 2. The van der Waals surface area contributed by atoms with Crippen LogP contribution in [0.5, 0.6) is 0 Å². The van der Waals surface area contributed by atoms with E-state index in [2.05, 4.69) is 20.5 Å². The zero-order valence-electron chi connectivity index (χ0n) is 12.5. The summed E-state index contributed by atoms with van der Waals surface area (Å²) in [6.45, 7) is 0. The summed E-state index contributed by atoms with van der Waals surface area (Å²) in [6, 6.07) is 10.7. The molecule has 1 N–H and O–H groups in total. The Hall–Kier alpha value is -2.45. The Labute approximate surface area is 150 Å². The average molecular weight is 383 g/mol. The van der Waals surface area contributed by atoms with Crippen molar-refractivity contribution in [1.29, 1.82) is 0 Å². The number of benzene rings is 1. The van der Waals surface area contributed by atoms with Gasteiger partial charge in [0.25, 0.3) is 6.43 Å². The number of hydrogen-bond acceptors (Lipinski definition) is 5. The fourth-order valence-electron chi connectivity index (χ4n) is 1.95. The molecular formula is C16H10ClF3N4S. The van der Waals surface area contributed by atoms with Crippen LogP contribution in [0.2, 0.25) is 5.02 Å². The summed E-state index contributed by atoms with van der Waals surface area (Å²) in [6.07, 6.45) is -1.40. The summed E-state index contributed by atoms with van der Waals surface area (Å²) in [5.74, 6) is -0.0870. The van der Waals surface area contributed by atoms with Crippen LogP contribution in [0.15, 0.2) is 47.6 Å². The van der Waals surface area contributed by atoms with E-state index in [-0.39, 0.29) is 11.1 Å². The maximum absolute atomic E-state index is 13.1. The van der Waals surface area contributed by atoms with Crippen LogP contribution in [0.1, 0.15) is 17.0 Å². The summed E-state index contributed by atoms with van der Waals surface area (Å²) in [5.41, 5.74) is 2.98. The maximum Gasteiger partial charge on any atom is 0.280 e. The van der Waals surface area contributed by atoms with Gasteiger partial charge in [0.1, 0.15) is 5.69 Å². The first-order valence-electron chi connectivity index (χ1n) is 6.99. The molecule has 128 valence electrons. The van der Waals surface area contributed by atoms with E-state index in [9.17, 15) is 13.2 Å². The Morgan fingerprint density at radius 3 is 2.52 bits per heavy atom. The number of nitrogens with one attached hydrogen (secondary N) is 1. The third-order valence-electron chi connectivity index (χ3n) is 3.06. The molecule has 1 aromatic carbocycles. The van der Waals surface area contributed by atoms with Crippen molar-refractivity contribution in [3.05, 3.63) is 63.2 Å².